The van der Waals surface area contributed by atoms with Crippen molar-refractivity contribution < 1.29 is 19.1 Å². The first-order chi connectivity index (χ1) is 18.6. The predicted molar refractivity (Wildman–Crippen MR) is 167 cm³/mol. The highest BCUT2D eigenvalue weighted by atomic mass is 16.5. The highest BCUT2D eigenvalue weighted by Crippen LogP contribution is 2.33. The molecule has 0 saturated carbocycles. The Morgan fingerprint density at radius 1 is 0.487 bits per heavy atom. The van der Waals surface area contributed by atoms with Gasteiger partial charge in [-0.25, -0.2) is 0 Å². The van der Waals surface area contributed by atoms with Crippen LogP contribution >= 0.6 is 0 Å². The molecule has 0 heterocycles. The highest BCUT2D eigenvalue weighted by molar-refractivity contribution is 5.73. The molecule has 0 N–H and O–H groups in total. The van der Waals surface area contributed by atoms with Crippen LogP contribution in [0, 0.1) is 35.5 Å². The van der Waals surface area contributed by atoms with Crippen LogP contribution in [0.2, 0.25) is 0 Å². The van der Waals surface area contributed by atoms with E-state index in [1.807, 2.05) is 0 Å². The molecule has 39 heavy (non-hydrogen) atoms. The molecule has 0 fully saturated rings. The van der Waals surface area contributed by atoms with E-state index in [4.69, 9.17) is 9.47 Å². The Morgan fingerprint density at radius 3 is 1.38 bits per heavy atom. The Hall–Kier alpha value is -1.06. The molecule has 2 unspecified atom stereocenters. The second-order valence-electron chi connectivity index (χ2n) is 13.6. The molecule has 0 aromatic rings. The number of esters is 2. The van der Waals surface area contributed by atoms with Gasteiger partial charge in [0.1, 0.15) is 0 Å². The number of rotatable bonds is 26. The maximum Gasteiger partial charge on any atom is 0.309 e. The van der Waals surface area contributed by atoms with Crippen LogP contribution in [0.4, 0.5) is 0 Å². The van der Waals surface area contributed by atoms with E-state index in [-0.39, 0.29) is 17.9 Å². The van der Waals surface area contributed by atoms with Crippen LogP contribution in [-0.4, -0.2) is 25.2 Å². The van der Waals surface area contributed by atoms with E-state index in [0.717, 1.165) is 50.9 Å². The predicted octanol–water partition coefficient (Wildman–Crippen LogP) is 10.6. The van der Waals surface area contributed by atoms with Gasteiger partial charge in [0.25, 0.3) is 0 Å². The van der Waals surface area contributed by atoms with Crippen LogP contribution in [0.5, 0.6) is 0 Å². The summed E-state index contributed by atoms with van der Waals surface area (Å²) < 4.78 is 11.1. The molecule has 0 aliphatic rings. The van der Waals surface area contributed by atoms with E-state index in [0.29, 0.717) is 43.3 Å². The summed E-state index contributed by atoms with van der Waals surface area (Å²) in [4.78, 5) is 24.8. The number of hydrogen-bond acceptors (Lipinski definition) is 4. The SMILES string of the molecule is CC(C)CCCCOC(=O)CCCCCCCCCCCC(C(C)C)C(C(=O)OCCCCC(C)C)C(C)C. The second-order valence-corrected chi connectivity index (χ2v) is 13.6. The van der Waals surface area contributed by atoms with Gasteiger partial charge in [0.2, 0.25) is 0 Å². The van der Waals surface area contributed by atoms with Crippen LogP contribution in [0.15, 0.2) is 0 Å². The van der Waals surface area contributed by atoms with Crippen molar-refractivity contribution in [1.29, 1.82) is 0 Å². The fraction of sp³-hybridized carbons (Fsp3) is 0.943. The number of unbranched alkanes of at least 4 members (excludes halogenated alkanes) is 10. The van der Waals surface area contributed by atoms with Crippen molar-refractivity contribution in [1.82, 2.24) is 0 Å². The fourth-order valence-electron chi connectivity index (χ4n) is 5.59. The lowest BCUT2D eigenvalue weighted by Gasteiger charge is -2.31. The van der Waals surface area contributed by atoms with Gasteiger partial charge in [-0.15, -0.1) is 0 Å². The van der Waals surface area contributed by atoms with Crippen LogP contribution in [-0.2, 0) is 19.1 Å². The second kappa shape index (κ2) is 24.7. The fourth-order valence-corrected chi connectivity index (χ4v) is 5.59. The summed E-state index contributed by atoms with van der Waals surface area (Å²) in [7, 11) is 0. The third-order valence-electron chi connectivity index (χ3n) is 8.09. The summed E-state index contributed by atoms with van der Waals surface area (Å²) in [6.07, 6.45) is 19.2. The van der Waals surface area contributed by atoms with E-state index in [9.17, 15) is 9.59 Å². The van der Waals surface area contributed by atoms with Crippen LogP contribution in [0.1, 0.15) is 165 Å². The van der Waals surface area contributed by atoms with Gasteiger partial charge in [-0.05, 0) is 68.1 Å². The summed E-state index contributed by atoms with van der Waals surface area (Å²) in [6.45, 7) is 19.0. The minimum Gasteiger partial charge on any atom is -0.466 e. The Morgan fingerprint density at radius 2 is 0.923 bits per heavy atom. The van der Waals surface area contributed by atoms with E-state index in [1.165, 1.54) is 57.8 Å². The van der Waals surface area contributed by atoms with Crippen molar-refractivity contribution in [2.45, 2.75) is 165 Å². The van der Waals surface area contributed by atoms with Crippen molar-refractivity contribution in [3.8, 4) is 0 Å². The Kier molecular flexibility index (Phi) is 24.0. The summed E-state index contributed by atoms with van der Waals surface area (Å²) in [6, 6.07) is 0. The largest absolute Gasteiger partial charge is 0.466 e. The molecule has 0 rings (SSSR count). The van der Waals surface area contributed by atoms with Crippen molar-refractivity contribution >= 4 is 11.9 Å². The topological polar surface area (TPSA) is 52.6 Å². The van der Waals surface area contributed by atoms with Gasteiger partial charge >= 0.3 is 11.9 Å². The molecular weight excluding hydrogens is 484 g/mol. The number of carbonyl (C=O) groups excluding carboxylic acids is 2. The molecule has 4 nitrogen and oxygen atoms in total. The van der Waals surface area contributed by atoms with E-state index >= 15 is 0 Å². The lowest BCUT2D eigenvalue weighted by atomic mass is 9.74. The smallest absolute Gasteiger partial charge is 0.309 e. The molecule has 0 amide bonds. The lowest BCUT2D eigenvalue weighted by Crippen LogP contribution is -2.33. The van der Waals surface area contributed by atoms with Crippen molar-refractivity contribution in [2.75, 3.05) is 13.2 Å². The summed E-state index contributed by atoms with van der Waals surface area (Å²) >= 11 is 0. The Bertz CT molecular complexity index is 581. The number of carbonyl (C=O) groups is 2. The Balaban J connectivity index is 3.96. The van der Waals surface area contributed by atoms with Gasteiger partial charge < -0.3 is 9.47 Å². The lowest BCUT2D eigenvalue weighted by molar-refractivity contribution is -0.153. The van der Waals surface area contributed by atoms with Crippen LogP contribution < -0.4 is 0 Å². The average molecular weight is 553 g/mol. The van der Waals surface area contributed by atoms with Crippen LogP contribution in [0.3, 0.4) is 0 Å². The zero-order valence-corrected chi connectivity index (χ0v) is 27.5. The zero-order chi connectivity index (χ0) is 29.5. The zero-order valence-electron chi connectivity index (χ0n) is 27.5. The molecule has 0 aliphatic carbocycles. The maximum atomic E-state index is 13.0. The molecule has 0 aliphatic heterocycles. The number of hydrogen-bond donors (Lipinski definition) is 0. The molecular formula is C35H68O4. The molecule has 232 valence electrons. The number of ether oxygens (including phenoxy) is 2. The first-order valence-electron chi connectivity index (χ1n) is 16.9. The third-order valence-corrected chi connectivity index (χ3v) is 8.09. The summed E-state index contributed by atoms with van der Waals surface area (Å²) in [5, 5.41) is 0. The summed E-state index contributed by atoms with van der Waals surface area (Å²) in [5.74, 6) is 2.68. The van der Waals surface area contributed by atoms with Gasteiger partial charge in [-0.2, -0.15) is 0 Å². The van der Waals surface area contributed by atoms with Crippen molar-refractivity contribution in [2.24, 2.45) is 35.5 Å². The van der Waals surface area contributed by atoms with E-state index in [1.54, 1.807) is 0 Å². The molecule has 0 bridgehead atoms. The molecule has 0 saturated heterocycles. The standard InChI is InChI=1S/C35H68O4/c1-28(2)22-18-20-26-38-33(36)25-17-15-13-11-9-10-12-14-16-24-32(30(5)6)34(31(7)8)35(37)39-27-21-19-23-29(3)4/h28-32,34H,9-27H2,1-8H3. The average Bonchev–Trinajstić information content (AvgIpc) is 2.85. The van der Waals surface area contributed by atoms with Gasteiger partial charge in [0.15, 0.2) is 0 Å². The first-order valence-corrected chi connectivity index (χ1v) is 16.9. The molecule has 2 atom stereocenters. The molecule has 0 spiro atoms. The van der Waals surface area contributed by atoms with E-state index in [2.05, 4.69) is 55.4 Å². The van der Waals surface area contributed by atoms with Gasteiger partial charge in [0.05, 0.1) is 19.1 Å². The molecule has 0 radical (unpaired) electrons. The van der Waals surface area contributed by atoms with Gasteiger partial charge in [0, 0.05) is 6.42 Å². The summed E-state index contributed by atoms with van der Waals surface area (Å²) in [5.41, 5.74) is 0. The molecule has 0 aromatic carbocycles. The molecule has 4 heteroatoms. The Labute approximate surface area is 244 Å². The molecule has 0 aromatic heterocycles. The first kappa shape index (κ1) is 37.9. The minimum absolute atomic E-state index is 0.0113. The third kappa shape index (κ3) is 22.3. The van der Waals surface area contributed by atoms with Crippen molar-refractivity contribution in [3.05, 3.63) is 0 Å². The van der Waals surface area contributed by atoms with Crippen LogP contribution in [0.25, 0.3) is 0 Å². The van der Waals surface area contributed by atoms with Gasteiger partial charge in [-0.1, -0.05) is 120 Å². The maximum absolute atomic E-state index is 13.0. The normalized spacial score (nSPS) is 13.4. The monoisotopic (exact) mass is 553 g/mol. The van der Waals surface area contributed by atoms with E-state index < -0.39 is 0 Å². The van der Waals surface area contributed by atoms with Gasteiger partial charge in [-0.3, -0.25) is 9.59 Å². The van der Waals surface area contributed by atoms with Crippen molar-refractivity contribution in [3.63, 3.8) is 0 Å². The quantitative estimate of drug-likeness (QED) is 0.0791. The minimum atomic E-state index is -0.0196. The highest BCUT2D eigenvalue weighted by Gasteiger charge is 2.33.